The van der Waals surface area contributed by atoms with Crippen molar-refractivity contribution in [3.8, 4) is 0 Å². The summed E-state index contributed by atoms with van der Waals surface area (Å²) in [5, 5.41) is 0. The SMILES string of the molecule is Cc1cccc(/C=N/[S+]([O-])C(C)(C)C)c1C1C=CC=CC1=S. The quantitative estimate of drug-likeness (QED) is 0.466. The van der Waals surface area contributed by atoms with Gasteiger partial charge in [-0.05, 0) is 44.9 Å². The molecule has 22 heavy (non-hydrogen) atoms. The molecule has 1 aliphatic rings. The maximum absolute atomic E-state index is 12.1. The fraction of sp³-hybridized carbons (Fsp3) is 0.333. The zero-order valence-electron chi connectivity index (χ0n) is 13.4. The molecule has 2 nitrogen and oxygen atoms in total. The Morgan fingerprint density at radius 1 is 1.27 bits per heavy atom. The summed E-state index contributed by atoms with van der Waals surface area (Å²) in [6, 6.07) is 6.06. The second kappa shape index (κ2) is 6.90. The molecule has 2 atom stereocenters. The highest BCUT2D eigenvalue weighted by atomic mass is 32.2. The van der Waals surface area contributed by atoms with Gasteiger partial charge in [-0.25, -0.2) is 0 Å². The molecular weight excluding hydrogens is 310 g/mol. The fourth-order valence-corrected chi connectivity index (χ4v) is 3.07. The van der Waals surface area contributed by atoms with Crippen LogP contribution in [0.15, 0.2) is 46.9 Å². The van der Waals surface area contributed by atoms with E-state index in [-0.39, 0.29) is 10.7 Å². The Labute approximate surface area is 141 Å². The monoisotopic (exact) mass is 331 g/mol. The summed E-state index contributed by atoms with van der Waals surface area (Å²) in [5.41, 5.74) is 3.28. The van der Waals surface area contributed by atoms with Crippen molar-refractivity contribution in [2.24, 2.45) is 4.40 Å². The fourth-order valence-electron chi connectivity index (χ4n) is 2.27. The van der Waals surface area contributed by atoms with Crippen LogP contribution in [0, 0.1) is 6.92 Å². The molecule has 0 amide bonds. The lowest BCUT2D eigenvalue weighted by atomic mass is 9.86. The van der Waals surface area contributed by atoms with Gasteiger partial charge < -0.3 is 4.55 Å². The van der Waals surface area contributed by atoms with Gasteiger partial charge in [0.05, 0.1) is 6.21 Å². The number of aryl methyl sites for hydroxylation is 1. The second-order valence-electron chi connectivity index (χ2n) is 6.30. The van der Waals surface area contributed by atoms with Crippen LogP contribution in [0.4, 0.5) is 0 Å². The van der Waals surface area contributed by atoms with Crippen molar-refractivity contribution in [1.82, 2.24) is 0 Å². The molecule has 0 radical (unpaired) electrons. The van der Waals surface area contributed by atoms with Gasteiger partial charge in [0.25, 0.3) is 0 Å². The second-order valence-corrected chi connectivity index (χ2v) is 8.70. The normalized spacial score (nSPS) is 19.9. The summed E-state index contributed by atoms with van der Waals surface area (Å²) in [7, 11) is 0. The number of allylic oxidation sites excluding steroid dienone is 4. The molecule has 0 saturated heterocycles. The molecular formula is C18H21NOS2. The van der Waals surface area contributed by atoms with E-state index in [4.69, 9.17) is 12.2 Å². The van der Waals surface area contributed by atoms with Gasteiger partial charge in [-0.3, -0.25) is 0 Å². The molecule has 0 heterocycles. The molecule has 1 aromatic carbocycles. The maximum Gasteiger partial charge on any atom is 0.144 e. The minimum absolute atomic E-state index is 0.0747. The van der Waals surface area contributed by atoms with E-state index in [1.165, 1.54) is 0 Å². The predicted octanol–water partition coefficient (Wildman–Crippen LogP) is 4.46. The van der Waals surface area contributed by atoms with Gasteiger partial charge in [0, 0.05) is 16.3 Å². The molecule has 0 fully saturated rings. The molecule has 0 N–H and O–H groups in total. The lowest BCUT2D eigenvalue weighted by Gasteiger charge is -2.20. The van der Waals surface area contributed by atoms with Crippen molar-refractivity contribution in [2.45, 2.75) is 38.4 Å². The van der Waals surface area contributed by atoms with E-state index < -0.39 is 11.4 Å². The molecule has 0 aliphatic heterocycles. The van der Waals surface area contributed by atoms with Crippen molar-refractivity contribution < 1.29 is 4.55 Å². The lowest BCUT2D eigenvalue weighted by molar-refractivity contribution is 0.562. The Morgan fingerprint density at radius 2 is 2.00 bits per heavy atom. The number of rotatable bonds is 3. The van der Waals surface area contributed by atoms with Gasteiger partial charge in [-0.15, -0.1) is 0 Å². The lowest BCUT2D eigenvalue weighted by Crippen LogP contribution is -2.26. The number of thiocarbonyl (C=S) groups is 1. The number of benzene rings is 1. The Bertz CT molecular complexity index is 654. The van der Waals surface area contributed by atoms with Gasteiger partial charge in [0.15, 0.2) is 0 Å². The van der Waals surface area contributed by atoms with Crippen LogP contribution in [0.2, 0.25) is 0 Å². The Balaban J connectivity index is 2.39. The predicted molar refractivity (Wildman–Crippen MR) is 100 cm³/mol. The van der Waals surface area contributed by atoms with Crippen molar-refractivity contribution in [3.63, 3.8) is 0 Å². The Hall–Kier alpha value is -1.23. The third-order valence-electron chi connectivity index (χ3n) is 3.46. The highest BCUT2D eigenvalue weighted by Crippen LogP contribution is 2.29. The van der Waals surface area contributed by atoms with E-state index in [9.17, 15) is 4.55 Å². The highest BCUT2D eigenvalue weighted by molar-refractivity contribution is 7.91. The van der Waals surface area contributed by atoms with E-state index in [0.29, 0.717) is 0 Å². The summed E-state index contributed by atoms with van der Waals surface area (Å²) in [6.45, 7) is 7.83. The smallest absolute Gasteiger partial charge is 0.144 e. The molecule has 4 heteroatoms. The van der Waals surface area contributed by atoms with E-state index in [0.717, 1.165) is 21.6 Å². The zero-order chi connectivity index (χ0) is 16.3. The number of nitrogens with zero attached hydrogens (tertiary/aromatic N) is 1. The van der Waals surface area contributed by atoms with Crippen molar-refractivity contribution in [1.29, 1.82) is 0 Å². The van der Waals surface area contributed by atoms with Crippen LogP contribution in [0.5, 0.6) is 0 Å². The largest absolute Gasteiger partial charge is 0.591 e. The minimum Gasteiger partial charge on any atom is -0.591 e. The van der Waals surface area contributed by atoms with Crippen LogP contribution in [-0.4, -0.2) is 20.4 Å². The summed E-state index contributed by atoms with van der Waals surface area (Å²) < 4.78 is 16.0. The Morgan fingerprint density at radius 3 is 2.64 bits per heavy atom. The van der Waals surface area contributed by atoms with Crippen LogP contribution in [0.3, 0.4) is 0 Å². The van der Waals surface area contributed by atoms with Crippen LogP contribution < -0.4 is 0 Å². The topological polar surface area (TPSA) is 35.4 Å². The number of hydrogen-bond donors (Lipinski definition) is 0. The maximum atomic E-state index is 12.1. The van der Waals surface area contributed by atoms with Crippen LogP contribution >= 0.6 is 12.2 Å². The first-order valence-corrected chi connectivity index (χ1v) is 8.76. The molecule has 0 bridgehead atoms. The molecule has 1 aromatic rings. The first-order valence-electron chi connectivity index (χ1n) is 7.25. The van der Waals surface area contributed by atoms with Crippen molar-refractivity contribution >= 4 is 34.7 Å². The van der Waals surface area contributed by atoms with Crippen LogP contribution in [0.1, 0.15) is 43.4 Å². The standard InChI is InChI=1S/C18H21NOS2/c1-13-8-7-9-14(12-19-22(20)18(2,3)4)17(13)15-10-5-6-11-16(15)21/h5-12,15H,1-4H3/b19-12+. The summed E-state index contributed by atoms with van der Waals surface area (Å²) in [4.78, 5) is 0.892. The molecule has 0 aromatic heterocycles. The third kappa shape index (κ3) is 3.94. The van der Waals surface area contributed by atoms with Gasteiger partial charge in [-0.1, -0.05) is 53.0 Å². The van der Waals surface area contributed by atoms with Gasteiger partial charge in [-0.2, -0.15) is 0 Å². The van der Waals surface area contributed by atoms with Crippen molar-refractivity contribution in [3.05, 3.63) is 59.2 Å². The van der Waals surface area contributed by atoms with E-state index in [1.54, 1.807) is 6.21 Å². The molecule has 0 saturated carbocycles. The molecule has 0 spiro atoms. The Kier molecular flexibility index (Phi) is 5.37. The molecule has 2 unspecified atom stereocenters. The first-order chi connectivity index (χ1) is 10.3. The number of hydrogen-bond acceptors (Lipinski definition) is 3. The van der Waals surface area contributed by atoms with Gasteiger partial charge in [0.2, 0.25) is 0 Å². The zero-order valence-corrected chi connectivity index (χ0v) is 15.0. The average Bonchev–Trinajstić information content (AvgIpc) is 2.45. The summed E-state index contributed by atoms with van der Waals surface area (Å²) >= 11 is 4.22. The van der Waals surface area contributed by atoms with E-state index >= 15 is 0 Å². The van der Waals surface area contributed by atoms with E-state index in [2.05, 4.69) is 23.5 Å². The third-order valence-corrected chi connectivity index (χ3v) is 5.20. The van der Waals surface area contributed by atoms with Crippen LogP contribution in [0.25, 0.3) is 0 Å². The van der Waals surface area contributed by atoms with Gasteiger partial charge in [0.1, 0.15) is 16.1 Å². The molecule has 2 rings (SSSR count). The average molecular weight is 332 g/mol. The van der Waals surface area contributed by atoms with Gasteiger partial charge >= 0.3 is 0 Å². The summed E-state index contributed by atoms with van der Waals surface area (Å²) in [5.74, 6) is 0.0747. The minimum atomic E-state index is -1.26. The first kappa shape index (κ1) is 17.1. The molecule has 1 aliphatic carbocycles. The van der Waals surface area contributed by atoms with Crippen LogP contribution in [-0.2, 0) is 11.4 Å². The molecule has 116 valence electrons. The highest BCUT2D eigenvalue weighted by Gasteiger charge is 2.26. The summed E-state index contributed by atoms with van der Waals surface area (Å²) in [6.07, 6.45) is 9.75. The van der Waals surface area contributed by atoms with E-state index in [1.807, 2.05) is 51.1 Å². The van der Waals surface area contributed by atoms with Crippen molar-refractivity contribution in [2.75, 3.05) is 0 Å².